The molecule has 1 N–H and O–H groups in total. The predicted octanol–water partition coefficient (Wildman–Crippen LogP) is 2.17. The van der Waals surface area contributed by atoms with Crippen LogP contribution in [-0.4, -0.2) is 36.4 Å². The maximum Gasteiger partial charge on any atom is 0.322 e. The number of nitrogens with zero attached hydrogens (tertiary/aromatic N) is 1. The Bertz CT molecular complexity index is 624. The first kappa shape index (κ1) is 15.7. The molecule has 2 unspecified atom stereocenters. The molecule has 1 aromatic rings. The molecule has 0 amide bonds. The summed E-state index contributed by atoms with van der Waals surface area (Å²) in [6.45, 7) is 2.03. The minimum absolute atomic E-state index is 0.184. The minimum atomic E-state index is -3.74. The zero-order valence-electron chi connectivity index (χ0n) is 11.8. The third kappa shape index (κ3) is 3.71. The summed E-state index contributed by atoms with van der Waals surface area (Å²) in [6.07, 6.45) is 2.91. The van der Waals surface area contributed by atoms with Gasteiger partial charge in [-0.1, -0.05) is 37.3 Å². The van der Waals surface area contributed by atoms with E-state index in [0.29, 0.717) is 6.42 Å². The maximum absolute atomic E-state index is 12.4. The lowest BCUT2D eigenvalue weighted by Gasteiger charge is -2.35. The number of benzene rings is 1. The molecular weight excluding hydrogens is 290 g/mol. The van der Waals surface area contributed by atoms with Gasteiger partial charge in [-0.2, -0.15) is 4.31 Å². The number of hydrogen-bond acceptors (Lipinski definition) is 3. The van der Waals surface area contributed by atoms with Gasteiger partial charge in [-0.15, -0.1) is 0 Å². The van der Waals surface area contributed by atoms with Gasteiger partial charge in [0.1, 0.15) is 6.04 Å². The number of sulfonamides is 1. The number of carbonyl (C=O) groups is 1. The molecule has 0 aromatic heterocycles. The van der Waals surface area contributed by atoms with E-state index < -0.39 is 22.0 Å². The van der Waals surface area contributed by atoms with E-state index in [-0.39, 0.29) is 12.5 Å². The first-order valence-corrected chi connectivity index (χ1v) is 8.40. The van der Waals surface area contributed by atoms with Gasteiger partial charge >= 0.3 is 5.97 Å². The third-order valence-corrected chi connectivity index (χ3v) is 5.24. The molecule has 21 heavy (non-hydrogen) atoms. The highest BCUT2D eigenvalue weighted by Crippen LogP contribution is 2.27. The number of hydrogen-bond donors (Lipinski definition) is 1. The van der Waals surface area contributed by atoms with Crippen molar-refractivity contribution < 1.29 is 18.3 Å². The van der Waals surface area contributed by atoms with E-state index in [4.69, 9.17) is 0 Å². The molecule has 0 aliphatic carbocycles. The van der Waals surface area contributed by atoms with E-state index in [1.807, 2.05) is 18.2 Å². The highest BCUT2D eigenvalue weighted by molar-refractivity contribution is 7.92. The van der Waals surface area contributed by atoms with E-state index in [2.05, 4.69) is 0 Å². The molecule has 1 aromatic carbocycles. The lowest BCUT2D eigenvalue weighted by atomic mass is 9.93. The maximum atomic E-state index is 12.4. The Labute approximate surface area is 124 Å². The van der Waals surface area contributed by atoms with Crippen LogP contribution in [0.1, 0.15) is 25.3 Å². The van der Waals surface area contributed by atoms with Crippen molar-refractivity contribution in [1.82, 2.24) is 4.31 Å². The van der Waals surface area contributed by atoms with Gasteiger partial charge in [-0.3, -0.25) is 4.79 Å². The highest BCUT2D eigenvalue weighted by atomic mass is 32.2. The van der Waals surface area contributed by atoms with Gasteiger partial charge in [0.25, 0.3) is 0 Å². The Morgan fingerprint density at radius 1 is 1.33 bits per heavy atom. The molecule has 1 saturated heterocycles. The highest BCUT2D eigenvalue weighted by Gasteiger charge is 2.39. The first-order valence-electron chi connectivity index (χ1n) is 6.89. The predicted molar refractivity (Wildman–Crippen MR) is 80.9 cm³/mol. The van der Waals surface area contributed by atoms with Gasteiger partial charge in [-0.25, -0.2) is 8.42 Å². The van der Waals surface area contributed by atoms with Crippen LogP contribution in [0.5, 0.6) is 0 Å². The van der Waals surface area contributed by atoms with Gasteiger partial charge in [0, 0.05) is 12.0 Å². The number of carboxylic acids is 1. The normalized spacial score (nSPS) is 24.2. The standard InChI is InChI=1S/C15H19NO4S/c1-12-6-5-10-16(14(12)15(17)18)21(19,20)11-9-13-7-3-2-4-8-13/h2-4,7-9,11-12,14H,5-6,10H2,1H3,(H,17,18)/b11-9+. The summed E-state index contributed by atoms with van der Waals surface area (Å²) in [5.74, 6) is -1.27. The Kier molecular flexibility index (Phi) is 4.80. The quantitative estimate of drug-likeness (QED) is 0.925. The van der Waals surface area contributed by atoms with Crippen molar-refractivity contribution in [2.24, 2.45) is 5.92 Å². The Morgan fingerprint density at radius 3 is 2.62 bits per heavy atom. The summed E-state index contributed by atoms with van der Waals surface area (Å²) in [6, 6.07) is 8.08. The molecule has 1 aliphatic heterocycles. The molecule has 0 radical (unpaired) electrons. The van der Waals surface area contributed by atoms with Crippen molar-refractivity contribution >= 4 is 22.1 Å². The topological polar surface area (TPSA) is 74.7 Å². The fraction of sp³-hybridized carbons (Fsp3) is 0.400. The summed E-state index contributed by atoms with van der Waals surface area (Å²) in [5.41, 5.74) is 0.762. The van der Waals surface area contributed by atoms with E-state index >= 15 is 0 Å². The zero-order valence-corrected chi connectivity index (χ0v) is 12.7. The van der Waals surface area contributed by atoms with Gasteiger partial charge < -0.3 is 5.11 Å². The van der Waals surface area contributed by atoms with Crippen molar-refractivity contribution in [1.29, 1.82) is 0 Å². The van der Waals surface area contributed by atoms with Crippen molar-refractivity contribution in [3.05, 3.63) is 41.3 Å². The Morgan fingerprint density at radius 2 is 2.00 bits per heavy atom. The molecule has 2 rings (SSSR count). The van der Waals surface area contributed by atoms with Crippen molar-refractivity contribution in [2.75, 3.05) is 6.54 Å². The molecule has 0 bridgehead atoms. The van der Waals surface area contributed by atoms with Crippen LogP contribution in [0.4, 0.5) is 0 Å². The second kappa shape index (κ2) is 6.41. The van der Waals surface area contributed by atoms with Crippen LogP contribution in [0, 0.1) is 5.92 Å². The van der Waals surface area contributed by atoms with E-state index in [1.165, 1.54) is 6.08 Å². The summed E-state index contributed by atoms with van der Waals surface area (Å²) in [5, 5.41) is 10.4. The molecule has 2 atom stereocenters. The van der Waals surface area contributed by atoms with Crippen LogP contribution in [0.2, 0.25) is 0 Å². The van der Waals surface area contributed by atoms with E-state index in [1.54, 1.807) is 19.1 Å². The van der Waals surface area contributed by atoms with Crippen LogP contribution in [-0.2, 0) is 14.8 Å². The zero-order chi connectivity index (χ0) is 15.5. The number of piperidine rings is 1. The van der Waals surface area contributed by atoms with Gasteiger partial charge in [0.15, 0.2) is 0 Å². The van der Waals surface area contributed by atoms with Crippen LogP contribution in [0.15, 0.2) is 35.7 Å². The summed E-state index contributed by atoms with van der Waals surface area (Å²) >= 11 is 0. The molecule has 1 fully saturated rings. The molecule has 114 valence electrons. The molecule has 1 heterocycles. The fourth-order valence-corrected chi connectivity index (χ4v) is 4.09. The molecule has 1 aliphatic rings. The van der Waals surface area contributed by atoms with Crippen molar-refractivity contribution in [2.45, 2.75) is 25.8 Å². The number of rotatable bonds is 4. The van der Waals surface area contributed by atoms with Gasteiger partial charge in [0.2, 0.25) is 10.0 Å². The first-order chi connectivity index (χ1) is 9.92. The number of aliphatic carboxylic acids is 1. The number of carboxylic acid groups (broad SMARTS) is 1. The third-order valence-electron chi connectivity index (χ3n) is 3.70. The average Bonchev–Trinajstić information content (AvgIpc) is 2.46. The molecule has 5 nitrogen and oxygen atoms in total. The van der Waals surface area contributed by atoms with Gasteiger partial charge in [-0.05, 0) is 30.4 Å². The molecule has 0 saturated carbocycles. The van der Waals surface area contributed by atoms with Crippen LogP contribution < -0.4 is 0 Å². The average molecular weight is 309 g/mol. The van der Waals surface area contributed by atoms with Crippen LogP contribution >= 0.6 is 0 Å². The molecule has 0 spiro atoms. The monoisotopic (exact) mass is 309 g/mol. The van der Waals surface area contributed by atoms with Gasteiger partial charge in [0.05, 0.1) is 0 Å². The molecular formula is C15H19NO4S. The van der Waals surface area contributed by atoms with Crippen LogP contribution in [0.3, 0.4) is 0 Å². The van der Waals surface area contributed by atoms with Crippen molar-refractivity contribution in [3.8, 4) is 0 Å². The van der Waals surface area contributed by atoms with E-state index in [9.17, 15) is 18.3 Å². The lowest BCUT2D eigenvalue weighted by Crippen LogP contribution is -2.51. The summed E-state index contributed by atoms with van der Waals surface area (Å²) < 4.78 is 25.9. The minimum Gasteiger partial charge on any atom is -0.480 e. The summed E-state index contributed by atoms with van der Waals surface area (Å²) in [4.78, 5) is 11.4. The van der Waals surface area contributed by atoms with E-state index in [0.717, 1.165) is 21.7 Å². The Balaban J connectivity index is 2.25. The largest absolute Gasteiger partial charge is 0.480 e. The summed E-state index contributed by atoms with van der Waals surface area (Å²) in [7, 11) is -3.74. The lowest BCUT2D eigenvalue weighted by molar-refractivity contribution is -0.144. The second-order valence-electron chi connectivity index (χ2n) is 5.27. The SMILES string of the molecule is CC1CCCN(S(=O)(=O)/C=C/c2ccccc2)C1C(=O)O. The molecule has 6 heteroatoms. The Hall–Kier alpha value is -1.66. The van der Waals surface area contributed by atoms with Crippen LogP contribution in [0.25, 0.3) is 6.08 Å². The second-order valence-corrected chi connectivity index (χ2v) is 7.04. The smallest absolute Gasteiger partial charge is 0.322 e. The fourth-order valence-electron chi connectivity index (χ4n) is 2.61. The van der Waals surface area contributed by atoms with Crippen molar-refractivity contribution in [3.63, 3.8) is 0 Å².